The number of hydrogen-bond donors (Lipinski definition) is 1. The van der Waals surface area contributed by atoms with E-state index >= 15 is 0 Å². The molecule has 3 atom stereocenters. The SMILES string of the molecule is OC1CCCC(CC2CCC3(CCCC3)O2)C1. The molecule has 0 aromatic heterocycles. The van der Waals surface area contributed by atoms with Crippen LogP contribution in [0.4, 0.5) is 0 Å². The molecule has 0 bridgehead atoms. The van der Waals surface area contributed by atoms with Gasteiger partial charge >= 0.3 is 0 Å². The van der Waals surface area contributed by atoms with E-state index in [0.29, 0.717) is 6.10 Å². The van der Waals surface area contributed by atoms with Crippen LogP contribution in [0.1, 0.15) is 70.6 Å². The highest BCUT2D eigenvalue weighted by atomic mass is 16.5. The van der Waals surface area contributed by atoms with E-state index in [1.54, 1.807) is 0 Å². The number of aliphatic hydroxyl groups excluding tert-OH is 1. The lowest BCUT2D eigenvalue weighted by Gasteiger charge is -2.29. The molecule has 2 aliphatic carbocycles. The molecule has 3 fully saturated rings. The second-order valence-electron chi connectivity index (χ2n) is 6.59. The van der Waals surface area contributed by atoms with Gasteiger partial charge in [-0.15, -0.1) is 0 Å². The quantitative estimate of drug-likeness (QED) is 0.798. The van der Waals surface area contributed by atoms with Crippen LogP contribution in [0.2, 0.25) is 0 Å². The van der Waals surface area contributed by atoms with Crippen LogP contribution in [0.25, 0.3) is 0 Å². The van der Waals surface area contributed by atoms with Gasteiger partial charge < -0.3 is 9.84 Å². The molecule has 1 heterocycles. The first-order valence-corrected chi connectivity index (χ1v) is 7.62. The van der Waals surface area contributed by atoms with Gasteiger partial charge in [-0.1, -0.05) is 25.7 Å². The van der Waals surface area contributed by atoms with Gasteiger partial charge in [-0.3, -0.25) is 0 Å². The van der Waals surface area contributed by atoms with Crippen LogP contribution in [0.3, 0.4) is 0 Å². The fourth-order valence-electron chi connectivity index (χ4n) is 4.30. The largest absolute Gasteiger partial charge is 0.393 e. The third kappa shape index (κ3) is 2.68. The maximum atomic E-state index is 9.72. The van der Waals surface area contributed by atoms with Crippen molar-refractivity contribution in [3.8, 4) is 0 Å². The summed E-state index contributed by atoms with van der Waals surface area (Å²) in [4.78, 5) is 0. The summed E-state index contributed by atoms with van der Waals surface area (Å²) in [7, 11) is 0. The molecule has 2 heteroatoms. The standard InChI is InChI=1S/C15H26O2/c16-13-5-3-4-12(10-13)11-14-6-9-15(17-14)7-1-2-8-15/h12-14,16H,1-11H2. The zero-order valence-corrected chi connectivity index (χ0v) is 10.9. The number of rotatable bonds is 2. The molecular formula is C15H26O2. The van der Waals surface area contributed by atoms with E-state index in [0.717, 1.165) is 18.8 Å². The van der Waals surface area contributed by atoms with Crippen molar-refractivity contribution in [2.45, 2.75) is 88.4 Å². The Morgan fingerprint density at radius 2 is 1.82 bits per heavy atom. The summed E-state index contributed by atoms with van der Waals surface area (Å²) in [6.07, 6.45) is 14.2. The minimum Gasteiger partial charge on any atom is -0.393 e. The lowest BCUT2D eigenvalue weighted by molar-refractivity contribution is -0.0487. The van der Waals surface area contributed by atoms with Crippen LogP contribution < -0.4 is 0 Å². The fraction of sp³-hybridized carbons (Fsp3) is 1.00. The highest BCUT2D eigenvalue weighted by molar-refractivity contribution is 4.93. The predicted molar refractivity (Wildman–Crippen MR) is 67.9 cm³/mol. The second-order valence-corrected chi connectivity index (χ2v) is 6.59. The molecule has 2 saturated carbocycles. The molecule has 1 saturated heterocycles. The first kappa shape index (κ1) is 12.0. The highest BCUT2D eigenvalue weighted by Gasteiger charge is 2.42. The van der Waals surface area contributed by atoms with Crippen molar-refractivity contribution in [1.82, 2.24) is 0 Å². The van der Waals surface area contributed by atoms with Crippen molar-refractivity contribution in [2.24, 2.45) is 5.92 Å². The molecule has 1 spiro atoms. The first-order valence-electron chi connectivity index (χ1n) is 7.62. The summed E-state index contributed by atoms with van der Waals surface area (Å²) in [5.74, 6) is 0.723. The van der Waals surface area contributed by atoms with Gasteiger partial charge in [0.1, 0.15) is 0 Å². The average Bonchev–Trinajstić information content (AvgIpc) is 2.90. The van der Waals surface area contributed by atoms with Gasteiger partial charge in [0.15, 0.2) is 0 Å². The molecule has 1 N–H and O–H groups in total. The molecule has 2 nitrogen and oxygen atoms in total. The van der Waals surface area contributed by atoms with E-state index in [4.69, 9.17) is 4.74 Å². The molecule has 0 aromatic carbocycles. The number of ether oxygens (including phenoxy) is 1. The predicted octanol–water partition coefficient (Wildman–Crippen LogP) is 3.42. The van der Waals surface area contributed by atoms with Gasteiger partial charge in [-0.05, 0) is 50.9 Å². The number of hydrogen-bond acceptors (Lipinski definition) is 2. The summed E-state index contributed by atoms with van der Waals surface area (Å²) in [6.45, 7) is 0. The summed E-state index contributed by atoms with van der Waals surface area (Å²) < 4.78 is 6.37. The third-order valence-corrected chi connectivity index (χ3v) is 5.20. The molecule has 3 aliphatic rings. The highest BCUT2D eigenvalue weighted by Crippen LogP contribution is 2.45. The number of aliphatic hydroxyl groups is 1. The monoisotopic (exact) mass is 238 g/mol. The van der Waals surface area contributed by atoms with Gasteiger partial charge in [-0.2, -0.15) is 0 Å². The zero-order valence-electron chi connectivity index (χ0n) is 10.9. The van der Waals surface area contributed by atoms with E-state index < -0.39 is 0 Å². The summed E-state index contributed by atoms with van der Waals surface area (Å²) >= 11 is 0. The van der Waals surface area contributed by atoms with Crippen LogP contribution in [0.15, 0.2) is 0 Å². The van der Waals surface area contributed by atoms with Crippen molar-refractivity contribution < 1.29 is 9.84 Å². The van der Waals surface area contributed by atoms with Gasteiger partial charge in [-0.25, -0.2) is 0 Å². The minimum atomic E-state index is -0.0319. The van der Waals surface area contributed by atoms with Crippen LogP contribution in [-0.2, 0) is 4.74 Å². The Bertz CT molecular complexity index is 258. The molecule has 3 unspecified atom stereocenters. The van der Waals surface area contributed by atoms with Crippen molar-refractivity contribution in [2.75, 3.05) is 0 Å². The Morgan fingerprint density at radius 1 is 1.00 bits per heavy atom. The Kier molecular flexibility index (Phi) is 3.45. The molecule has 0 aromatic rings. The Labute approximate surface area is 105 Å². The molecular weight excluding hydrogens is 212 g/mol. The molecule has 3 rings (SSSR count). The van der Waals surface area contributed by atoms with Gasteiger partial charge in [0.05, 0.1) is 17.8 Å². The topological polar surface area (TPSA) is 29.5 Å². The maximum absolute atomic E-state index is 9.72. The van der Waals surface area contributed by atoms with Crippen LogP contribution in [0.5, 0.6) is 0 Å². The Hall–Kier alpha value is -0.0800. The van der Waals surface area contributed by atoms with Crippen molar-refractivity contribution in [1.29, 1.82) is 0 Å². The minimum absolute atomic E-state index is 0.0319. The van der Waals surface area contributed by atoms with E-state index in [1.165, 1.54) is 57.8 Å². The molecule has 0 amide bonds. The van der Waals surface area contributed by atoms with Crippen LogP contribution in [-0.4, -0.2) is 22.9 Å². The normalized spacial score (nSPS) is 41.1. The molecule has 17 heavy (non-hydrogen) atoms. The Balaban J connectivity index is 1.50. The second kappa shape index (κ2) is 4.89. The summed E-state index contributed by atoms with van der Waals surface area (Å²) in [5.41, 5.74) is 0.290. The molecule has 98 valence electrons. The summed E-state index contributed by atoms with van der Waals surface area (Å²) in [6, 6.07) is 0. The third-order valence-electron chi connectivity index (χ3n) is 5.20. The van der Waals surface area contributed by atoms with Gasteiger partial charge in [0.2, 0.25) is 0 Å². The average molecular weight is 238 g/mol. The van der Waals surface area contributed by atoms with Crippen molar-refractivity contribution in [3.63, 3.8) is 0 Å². The maximum Gasteiger partial charge on any atom is 0.0687 e. The van der Waals surface area contributed by atoms with Crippen LogP contribution >= 0.6 is 0 Å². The van der Waals surface area contributed by atoms with Crippen molar-refractivity contribution >= 4 is 0 Å². The molecule has 0 radical (unpaired) electrons. The summed E-state index contributed by atoms with van der Waals surface area (Å²) in [5, 5.41) is 9.72. The Morgan fingerprint density at radius 3 is 2.59 bits per heavy atom. The zero-order chi connectivity index (χ0) is 11.7. The smallest absolute Gasteiger partial charge is 0.0687 e. The van der Waals surface area contributed by atoms with E-state index in [2.05, 4.69) is 0 Å². The lowest BCUT2D eigenvalue weighted by Crippen LogP contribution is -2.27. The first-order chi connectivity index (χ1) is 8.26. The van der Waals surface area contributed by atoms with Gasteiger partial charge in [0, 0.05) is 0 Å². The van der Waals surface area contributed by atoms with E-state index in [9.17, 15) is 5.11 Å². The fourth-order valence-corrected chi connectivity index (χ4v) is 4.30. The van der Waals surface area contributed by atoms with E-state index in [1.807, 2.05) is 0 Å². The van der Waals surface area contributed by atoms with Crippen LogP contribution in [0, 0.1) is 5.92 Å². The van der Waals surface area contributed by atoms with Gasteiger partial charge in [0.25, 0.3) is 0 Å². The van der Waals surface area contributed by atoms with Crippen molar-refractivity contribution in [3.05, 3.63) is 0 Å². The van der Waals surface area contributed by atoms with E-state index in [-0.39, 0.29) is 11.7 Å². The molecule has 1 aliphatic heterocycles. The lowest BCUT2D eigenvalue weighted by atomic mass is 9.83.